The smallest absolute Gasteiger partial charge is 0.321 e. The molecule has 4 nitrogen and oxygen atoms in total. The molecule has 1 saturated heterocycles. The van der Waals surface area contributed by atoms with Crippen LogP contribution >= 0.6 is 0 Å². The molecule has 0 bridgehead atoms. The van der Waals surface area contributed by atoms with E-state index in [1.807, 2.05) is 0 Å². The van der Waals surface area contributed by atoms with Gasteiger partial charge in [-0.15, -0.1) is 0 Å². The lowest BCUT2D eigenvalue weighted by Crippen LogP contribution is -2.50. The molecule has 1 saturated carbocycles. The molecule has 1 aliphatic carbocycles. The maximum absolute atomic E-state index is 10.7. The van der Waals surface area contributed by atoms with Crippen molar-refractivity contribution in [1.29, 1.82) is 0 Å². The number of carbonyl (C=O) groups is 1. The van der Waals surface area contributed by atoms with Crippen molar-refractivity contribution in [3.63, 3.8) is 0 Å². The fraction of sp³-hybridized carbons (Fsp3) is 0.909. The Kier molecular flexibility index (Phi) is 3.26. The standard InChI is InChI=1S/C11H20N2O2/c12-9(11(14)15)7-13-6-2-4-8-3-1-5-10(8)13/h8-10H,1-7,12H2,(H,14,15). The van der Waals surface area contributed by atoms with E-state index in [1.165, 1.54) is 32.1 Å². The molecule has 3 atom stereocenters. The summed E-state index contributed by atoms with van der Waals surface area (Å²) < 4.78 is 0. The van der Waals surface area contributed by atoms with Crippen LogP contribution in [0.4, 0.5) is 0 Å². The van der Waals surface area contributed by atoms with E-state index in [0.717, 1.165) is 12.5 Å². The molecule has 2 fully saturated rings. The van der Waals surface area contributed by atoms with Gasteiger partial charge in [-0.3, -0.25) is 9.69 Å². The molecule has 0 amide bonds. The van der Waals surface area contributed by atoms with Crippen molar-refractivity contribution in [3.05, 3.63) is 0 Å². The van der Waals surface area contributed by atoms with Gasteiger partial charge in [0.1, 0.15) is 6.04 Å². The van der Waals surface area contributed by atoms with Gasteiger partial charge in [0, 0.05) is 12.6 Å². The van der Waals surface area contributed by atoms with Gasteiger partial charge in [0.05, 0.1) is 0 Å². The summed E-state index contributed by atoms with van der Waals surface area (Å²) >= 11 is 0. The molecule has 0 spiro atoms. The first-order valence-electron chi connectivity index (χ1n) is 5.91. The number of hydrogen-bond donors (Lipinski definition) is 2. The lowest BCUT2D eigenvalue weighted by atomic mass is 9.91. The Labute approximate surface area is 90.4 Å². The van der Waals surface area contributed by atoms with Crippen molar-refractivity contribution in [2.75, 3.05) is 13.1 Å². The summed E-state index contributed by atoms with van der Waals surface area (Å²) in [5.41, 5.74) is 5.59. The first-order valence-corrected chi connectivity index (χ1v) is 5.91. The summed E-state index contributed by atoms with van der Waals surface area (Å²) in [6, 6.07) is -0.103. The zero-order valence-electron chi connectivity index (χ0n) is 9.06. The quantitative estimate of drug-likeness (QED) is 0.721. The molecular formula is C11H20N2O2. The molecule has 3 N–H and O–H groups in total. The second-order valence-electron chi connectivity index (χ2n) is 4.84. The molecule has 0 aromatic heterocycles. The van der Waals surface area contributed by atoms with Crippen LogP contribution in [-0.4, -0.2) is 41.1 Å². The predicted octanol–water partition coefficient (Wildman–Crippen LogP) is 0.663. The second kappa shape index (κ2) is 4.49. The average Bonchev–Trinajstić information content (AvgIpc) is 2.66. The third-order valence-electron chi connectivity index (χ3n) is 3.86. The largest absolute Gasteiger partial charge is 0.480 e. The highest BCUT2D eigenvalue weighted by Gasteiger charge is 2.35. The van der Waals surface area contributed by atoms with Gasteiger partial charge in [0.15, 0.2) is 0 Å². The number of carboxylic acids is 1. The van der Waals surface area contributed by atoms with Crippen molar-refractivity contribution in [2.24, 2.45) is 11.7 Å². The molecule has 3 unspecified atom stereocenters. The number of hydrogen-bond acceptors (Lipinski definition) is 3. The fourth-order valence-corrected chi connectivity index (χ4v) is 3.11. The highest BCUT2D eigenvalue weighted by molar-refractivity contribution is 5.73. The molecule has 0 radical (unpaired) electrons. The summed E-state index contributed by atoms with van der Waals surface area (Å²) in [5, 5.41) is 8.80. The van der Waals surface area contributed by atoms with Gasteiger partial charge in [0.2, 0.25) is 0 Å². The Morgan fingerprint density at radius 3 is 2.87 bits per heavy atom. The SMILES string of the molecule is NC(CN1CCCC2CCCC21)C(=O)O. The Bertz CT molecular complexity index is 245. The van der Waals surface area contributed by atoms with E-state index in [4.69, 9.17) is 10.8 Å². The Hall–Kier alpha value is -0.610. The number of aliphatic carboxylic acids is 1. The van der Waals surface area contributed by atoms with Gasteiger partial charge >= 0.3 is 5.97 Å². The Balaban J connectivity index is 1.93. The zero-order valence-corrected chi connectivity index (χ0v) is 9.06. The van der Waals surface area contributed by atoms with Gasteiger partial charge < -0.3 is 10.8 Å². The first kappa shape index (κ1) is 10.9. The summed E-state index contributed by atoms with van der Waals surface area (Å²) in [7, 11) is 0. The minimum Gasteiger partial charge on any atom is -0.480 e. The number of rotatable bonds is 3. The van der Waals surface area contributed by atoms with Crippen molar-refractivity contribution in [2.45, 2.75) is 44.2 Å². The average molecular weight is 212 g/mol. The van der Waals surface area contributed by atoms with Crippen molar-refractivity contribution in [3.8, 4) is 0 Å². The lowest BCUT2D eigenvalue weighted by Gasteiger charge is -2.38. The minimum atomic E-state index is -0.880. The van der Waals surface area contributed by atoms with Crippen LogP contribution < -0.4 is 5.73 Å². The van der Waals surface area contributed by atoms with Gasteiger partial charge in [-0.2, -0.15) is 0 Å². The molecule has 0 aromatic carbocycles. The summed E-state index contributed by atoms with van der Waals surface area (Å²) in [5.74, 6) is -0.0742. The van der Waals surface area contributed by atoms with E-state index >= 15 is 0 Å². The minimum absolute atomic E-state index is 0.524. The summed E-state index contributed by atoms with van der Waals surface area (Å²) in [6.07, 6.45) is 6.38. The highest BCUT2D eigenvalue weighted by atomic mass is 16.4. The second-order valence-corrected chi connectivity index (χ2v) is 4.84. The van der Waals surface area contributed by atoms with Gasteiger partial charge in [0.25, 0.3) is 0 Å². The molecule has 4 heteroatoms. The number of carboxylic acid groups (broad SMARTS) is 1. The van der Waals surface area contributed by atoms with E-state index in [2.05, 4.69) is 4.90 Å². The fourth-order valence-electron chi connectivity index (χ4n) is 3.11. The molecule has 2 aliphatic rings. The monoisotopic (exact) mass is 212 g/mol. The Morgan fingerprint density at radius 2 is 2.13 bits per heavy atom. The van der Waals surface area contributed by atoms with Crippen LogP contribution in [0, 0.1) is 5.92 Å². The zero-order chi connectivity index (χ0) is 10.8. The van der Waals surface area contributed by atoms with Gasteiger partial charge in [-0.25, -0.2) is 0 Å². The van der Waals surface area contributed by atoms with Crippen LogP contribution in [0.25, 0.3) is 0 Å². The van der Waals surface area contributed by atoms with Gasteiger partial charge in [-0.05, 0) is 38.1 Å². The highest BCUT2D eigenvalue weighted by Crippen LogP contribution is 2.36. The van der Waals surface area contributed by atoms with Gasteiger partial charge in [-0.1, -0.05) is 6.42 Å². The number of piperidine rings is 1. The van der Waals surface area contributed by atoms with Crippen LogP contribution in [0.1, 0.15) is 32.1 Å². The van der Waals surface area contributed by atoms with Crippen LogP contribution in [-0.2, 0) is 4.79 Å². The molecule has 1 heterocycles. The van der Waals surface area contributed by atoms with E-state index < -0.39 is 12.0 Å². The molecule has 15 heavy (non-hydrogen) atoms. The summed E-state index contributed by atoms with van der Waals surface area (Å²) in [4.78, 5) is 13.0. The lowest BCUT2D eigenvalue weighted by molar-refractivity contribution is -0.139. The van der Waals surface area contributed by atoms with Crippen molar-refractivity contribution < 1.29 is 9.90 Å². The van der Waals surface area contributed by atoms with E-state index in [9.17, 15) is 4.79 Å². The number of likely N-dealkylation sites (tertiary alicyclic amines) is 1. The topological polar surface area (TPSA) is 66.6 Å². The molecular weight excluding hydrogens is 192 g/mol. The van der Waals surface area contributed by atoms with Crippen molar-refractivity contribution >= 4 is 5.97 Å². The third-order valence-corrected chi connectivity index (χ3v) is 3.86. The van der Waals surface area contributed by atoms with E-state index in [1.54, 1.807) is 0 Å². The molecule has 2 rings (SSSR count). The van der Waals surface area contributed by atoms with Crippen LogP contribution in [0.3, 0.4) is 0 Å². The predicted molar refractivity (Wildman–Crippen MR) is 57.5 cm³/mol. The maximum Gasteiger partial charge on any atom is 0.321 e. The molecule has 86 valence electrons. The van der Waals surface area contributed by atoms with E-state index in [-0.39, 0.29) is 0 Å². The van der Waals surface area contributed by atoms with Crippen LogP contribution in [0.15, 0.2) is 0 Å². The number of nitrogens with two attached hydrogens (primary N) is 1. The third kappa shape index (κ3) is 2.32. The molecule has 0 aromatic rings. The van der Waals surface area contributed by atoms with Crippen molar-refractivity contribution in [1.82, 2.24) is 4.90 Å². The van der Waals surface area contributed by atoms with Crippen LogP contribution in [0.5, 0.6) is 0 Å². The number of fused-ring (bicyclic) bond motifs is 1. The van der Waals surface area contributed by atoms with Crippen LogP contribution in [0.2, 0.25) is 0 Å². The summed E-state index contributed by atoms with van der Waals surface area (Å²) in [6.45, 7) is 1.55. The normalized spacial score (nSPS) is 33.7. The van der Waals surface area contributed by atoms with E-state index in [0.29, 0.717) is 12.6 Å². The number of nitrogens with zero attached hydrogens (tertiary/aromatic N) is 1. The maximum atomic E-state index is 10.7. The first-order chi connectivity index (χ1) is 7.18. The molecule has 1 aliphatic heterocycles. The Morgan fingerprint density at radius 1 is 1.40 bits per heavy atom.